The Labute approximate surface area is 113 Å². The zero-order valence-corrected chi connectivity index (χ0v) is 11.5. The summed E-state index contributed by atoms with van der Waals surface area (Å²) in [6.07, 6.45) is 5.54. The van der Waals surface area contributed by atoms with Crippen LogP contribution >= 0.6 is 11.6 Å². The van der Waals surface area contributed by atoms with E-state index in [1.54, 1.807) is 12.1 Å². The molecule has 0 bridgehead atoms. The molecule has 2 atom stereocenters. The van der Waals surface area contributed by atoms with Gasteiger partial charge in [-0.25, -0.2) is 4.39 Å². The quantitative estimate of drug-likeness (QED) is 0.866. The minimum atomic E-state index is -0.667. The van der Waals surface area contributed by atoms with Crippen LogP contribution < -0.4 is 0 Å². The van der Waals surface area contributed by atoms with Crippen LogP contribution in [-0.4, -0.2) is 10.7 Å². The lowest BCUT2D eigenvalue weighted by Gasteiger charge is -2.36. The molecule has 0 aliphatic heterocycles. The number of benzene rings is 1. The Morgan fingerprint density at radius 2 is 2.28 bits per heavy atom. The van der Waals surface area contributed by atoms with Crippen molar-refractivity contribution in [3.05, 3.63) is 34.6 Å². The molecule has 1 N–H and O–H groups in total. The Kier molecular flexibility index (Phi) is 4.29. The molecule has 18 heavy (non-hydrogen) atoms. The van der Waals surface area contributed by atoms with Crippen LogP contribution in [0.25, 0.3) is 0 Å². The first-order valence-corrected chi connectivity index (χ1v) is 7.06. The largest absolute Gasteiger partial charge is 0.390 e. The van der Waals surface area contributed by atoms with Crippen molar-refractivity contribution in [2.75, 3.05) is 0 Å². The highest BCUT2D eigenvalue weighted by atomic mass is 35.5. The number of hydrogen-bond donors (Lipinski definition) is 1. The lowest BCUT2D eigenvalue weighted by Crippen LogP contribution is -2.37. The van der Waals surface area contributed by atoms with E-state index in [9.17, 15) is 9.50 Å². The summed E-state index contributed by atoms with van der Waals surface area (Å²) >= 11 is 5.67. The van der Waals surface area contributed by atoms with Gasteiger partial charge in [-0.1, -0.05) is 43.9 Å². The van der Waals surface area contributed by atoms with Gasteiger partial charge in [0.05, 0.1) is 10.6 Å². The molecule has 0 aromatic heterocycles. The fraction of sp³-hybridized carbons (Fsp3) is 0.600. The van der Waals surface area contributed by atoms with E-state index in [4.69, 9.17) is 11.6 Å². The van der Waals surface area contributed by atoms with Crippen molar-refractivity contribution in [2.45, 2.75) is 51.0 Å². The van der Waals surface area contributed by atoms with Crippen LogP contribution in [-0.2, 0) is 6.42 Å². The van der Waals surface area contributed by atoms with Crippen LogP contribution in [0.2, 0.25) is 5.02 Å². The summed E-state index contributed by atoms with van der Waals surface area (Å²) in [5, 5.41) is 10.8. The third-order valence-corrected chi connectivity index (χ3v) is 4.32. The zero-order valence-electron chi connectivity index (χ0n) is 10.8. The van der Waals surface area contributed by atoms with E-state index >= 15 is 0 Å². The lowest BCUT2D eigenvalue weighted by atomic mass is 9.74. The highest BCUT2D eigenvalue weighted by Crippen LogP contribution is 2.36. The van der Waals surface area contributed by atoms with Gasteiger partial charge in [-0.2, -0.15) is 0 Å². The number of hydrogen-bond acceptors (Lipinski definition) is 1. The molecule has 0 radical (unpaired) electrons. The average molecular weight is 271 g/mol. The summed E-state index contributed by atoms with van der Waals surface area (Å²) in [7, 11) is 0. The monoisotopic (exact) mass is 270 g/mol. The van der Waals surface area contributed by atoms with Crippen molar-refractivity contribution in [3.8, 4) is 0 Å². The maximum Gasteiger partial charge on any atom is 0.142 e. The highest BCUT2D eigenvalue weighted by molar-refractivity contribution is 6.30. The molecule has 1 fully saturated rings. The van der Waals surface area contributed by atoms with Gasteiger partial charge in [0, 0.05) is 6.42 Å². The predicted octanol–water partition coefficient (Wildman–Crippen LogP) is 4.35. The Balaban J connectivity index is 2.09. The lowest BCUT2D eigenvalue weighted by molar-refractivity contribution is -0.0162. The molecular formula is C15H20ClFO. The van der Waals surface area contributed by atoms with E-state index in [0.717, 1.165) is 31.2 Å². The SMILES string of the molecule is CCC1CCCC(O)(Cc2ccc(Cl)c(F)c2)C1. The molecule has 0 heterocycles. The van der Waals surface area contributed by atoms with Crippen molar-refractivity contribution in [2.24, 2.45) is 5.92 Å². The first-order valence-electron chi connectivity index (χ1n) is 6.69. The summed E-state index contributed by atoms with van der Waals surface area (Å²) in [5.74, 6) is 0.196. The van der Waals surface area contributed by atoms with Crippen LogP contribution in [0.5, 0.6) is 0 Å². The Morgan fingerprint density at radius 1 is 1.50 bits per heavy atom. The maximum atomic E-state index is 13.4. The molecule has 1 nitrogen and oxygen atoms in total. The summed E-state index contributed by atoms with van der Waals surface area (Å²) in [6, 6.07) is 4.81. The molecule has 0 spiro atoms. The molecule has 2 unspecified atom stereocenters. The summed E-state index contributed by atoms with van der Waals surface area (Å²) in [5.41, 5.74) is 0.162. The molecule has 3 heteroatoms. The molecule has 100 valence electrons. The van der Waals surface area contributed by atoms with Crippen molar-refractivity contribution in [1.82, 2.24) is 0 Å². The smallest absolute Gasteiger partial charge is 0.142 e. The summed E-state index contributed by atoms with van der Waals surface area (Å²) in [4.78, 5) is 0. The topological polar surface area (TPSA) is 20.2 Å². The molecule has 0 amide bonds. The van der Waals surface area contributed by atoms with E-state index in [-0.39, 0.29) is 5.02 Å². The fourth-order valence-corrected chi connectivity index (χ4v) is 3.12. The van der Waals surface area contributed by atoms with Crippen LogP contribution in [0.4, 0.5) is 4.39 Å². The molecular weight excluding hydrogens is 251 g/mol. The van der Waals surface area contributed by atoms with Gasteiger partial charge in [0.2, 0.25) is 0 Å². The number of rotatable bonds is 3. The first-order chi connectivity index (χ1) is 8.52. The van der Waals surface area contributed by atoms with Gasteiger partial charge in [-0.05, 0) is 36.5 Å². The predicted molar refractivity (Wildman–Crippen MR) is 72.3 cm³/mol. The molecule has 1 saturated carbocycles. The van der Waals surface area contributed by atoms with Crippen LogP contribution in [0, 0.1) is 11.7 Å². The zero-order chi connectivity index (χ0) is 13.2. The van der Waals surface area contributed by atoms with Gasteiger partial charge in [0.1, 0.15) is 5.82 Å². The van der Waals surface area contributed by atoms with Gasteiger partial charge in [0.15, 0.2) is 0 Å². The third kappa shape index (κ3) is 3.24. The Bertz CT molecular complexity index is 421. The molecule has 1 aliphatic carbocycles. The van der Waals surface area contributed by atoms with Crippen molar-refractivity contribution in [1.29, 1.82) is 0 Å². The van der Waals surface area contributed by atoms with E-state index in [2.05, 4.69) is 6.92 Å². The standard InChI is InChI=1S/C15H20ClFO/c1-2-11-4-3-7-15(18,9-11)10-12-5-6-13(16)14(17)8-12/h5-6,8,11,18H,2-4,7,9-10H2,1H3. The normalized spacial score (nSPS) is 28.3. The second-order valence-corrected chi connectivity index (χ2v) is 5.93. The minimum absolute atomic E-state index is 0.140. The van der Waals surface area contributed by atoms with Crippen LogP contribution in [0.3, 0.4) is 0 Å². The molecule has 1 aliphatic rings. The molecule has 1 aromatic rings. The molecule has 0 saturated heterocycles. The molecule has 1 aromatic carbocycles. The van der Waals surface area contributed by atoms with Crippen molar-refractivity contribution < 1.29 is 9.50 Å². The summed E-state index contributed by atoms with van der Waals surface area (Å²) in [6.45, 7) is 2.17. The number of aliphatic hydroxyl groups is 1. The van der Waals surface area contributed by atoms with E-state index < -0.39 is 11.4 Å². The Morgan fingerprint density at radius 3 is 2.94 bits per heavy atom. The third-order valence-electron chi connectivity index (χ3n) is 4.02. The Hall–Kier alpha value is -0.600. The van der Waals surface area contributed by atoms with Gasteiger partial charge in [-0.15, -0.1) is 0 Å². The average Bonchev–Trinajstić information content (AvgIpc) is 2.33. The minimum Gasteiger partial charge on any atom is -0.390 e. The summed E-state index contributed by atoms with van der Waals surface area (Å²) < 4.78 is 13.4. The van der Waals surface area contributed by atoms with Gasteiger partial charge in [-0.3, -0.25) is 0 Å². The molecule has 2 rings (SSSR count). The maximum absolute atomic E-state index is 13.4. The second-order valence-electron chi connectivity index (χ2n) is 5.52. The van der Waals surface area contributed by atoms with Gasteiger partial charge < -0.3 is 5.11 Å². The van der Waals surface area contributed by atoms with Crippen LogP contribution in [0.15, 0.2) is 18.2 Å². The van der Waals surface area contributed by atoms with Gasteiger partial charge in [0.25, 0.3) is 0 Å². The van der Waals surface area contributed by atoms with Crippen molar-refractivity contribution >= 4 is 11.6 Å². The number of halogens is 2. The van der Waals surface area contributed by atoms with Crippen molar-refractivity contribution in [3.63, 3.8) is 0 Å². The highest BCUT2D eigenvalue weighted by Gasteiger charge is 2.33. The van der Waals surface area contributed by atoms with Gasteiger partial charge >= 0.3 is 0 Å². The van der Waals surface area contributed by atoms with E-state index in [0.29, 0.717) is 12.3 Å². The van der Waals surface area contributed by atoms with E-state index in [1.807, 2.05) is 0 Å². The fourth-order valence-electron chi connectivity index (χ4n) is 3.00. The van der Waals surface area contributed by atoms with Crippen LogP contribution in [0.1, 0.15) is 44.6 Å². The first kappa shape index (κ1) is 13.8. The van der Waals surface area contributed by atoms with E-state index in [1.165, 1.54) is 12.5 Å². The second kappa shape index (κ2) is 5.58.